The van der Waals surface area contributed by atoms with E-state index in [1.54, 1.807) is 21.1 Å². The number of ether oxygens (including phenoxy) is 4. The van der Waals surface area contributed by atoms with E-state index < -0.39 is 0 Å². The predicted molar refractivity (Wildman–Crippen MR) is 106 cm³/mol. The molecule has 0 N–H and O–H groups in total. The van der Waals surface area contributed by atoms with E-state index in [0.717, 1.165) is 32.4 Å². The van der Waals surface area contributed by atoms with E-state index in [9.17, 15) is 4.79 Å². The molecule has 0 bridgehead atoms. The summed E-state index contributed by atoms with van der Waals surface area (Å²) in [5.41, 5.74) is 1.40. The van der Waals surface area contributed by atoms with Crippen molar-refractivity contribution in [1.29, 1.82) is 0 Å². The van der Waals surface area contributed by atoms with Gasteiger partial charge in [-0.2, -0.15) is 0 Å². The Labute approximate surface area is 160 Å². The zero-order valence-electron chi connectivity index (χ0n) is 15.7. The Kier molecular flexibility index (Phi) is 3.55. The Bertz CT molecular complexity index is 1300. The fourth-order valence-electron chi connectivity index (χ4n) is 3.81. The molecule has 6 nitrogen and oxygen atoms in total. The van der Waals surface area contributed by atoms with Crippen LogP contribution in [0.4, 0.5) is 0 Å². The van der Waals surface area contributed by atoms with Crippen molar-refractivity contribution in [2.45, 2.75) is 6.92 Å². The molecule has 1 aromatic heterocycles. The van der Waals surface area contributed by atoms with Crippen LogP contribution in [-0.2, 0) is 0 Å². The van der Waals surface area contributed by atoms with E-state index in [2.05, 4.69) is 4.98 Å². The molecule has 140 valence electrons. The molecule has 5 rings (SSSR count). The van der Waals surface area contributed by atoms with Gasteiger partial charge in [0.1, 0.15) is 0 Å². The molecule has 0 saturated carbocycles. The SMILES string of the molecule is COc1cc2c(C(C)=O)cc3c4cc5c(cc4ncc3c2cc1OC)OCO5. The summed E-state index contributed by atoms with van der Waals surface area (Å²) in [6, 6.07) is 9.43. The zero-order chi connectivity index (χ0) is 19.4. The second kappa shape index (κ2) is 5.99. The lowest BCUT2D eigenvalue weighted by molar-refractivity contribution is 0.101. The number of rotatable bonds is 3. The first kappa shape index (κ1) is 16.6. The van der Waals surface area contributed by atoms with Gasteiger partial charge in [0, 0.05) is 28.6 Å². The summed E-state index contributed by atoms with van der Waals surface area (Å²) in [5.74, 6) is 2.51. The first-order chi connectivity index (χ1) is 13.6. The fraction of sp³-hybridized carbons (Fsp3) is 0.182. The van der Waals surface area contributed by atoms with Gasteiger partial charge in [-0.3, -0.25) is 9.78 Å². The quantitative estimate of drug-likeness (QED) is 0.388. The highest BCUT2D eigenvalue weighted by Gasteiger charge is 2.19. The summed E-state index contributed by atoms with van der Waals surface area (Å²) < 4.78 is 21.9. The second-order valence-electron chi connectivity index (χ2n) is 6.68. The number of aromatic nitrogens is 1. The lowest BCUT2D eigenvalue weighted by atomic mass is 9.94. The van der Waals surface area contributed by atoms with Crippen LogP contribution in [0.15, 0.2) is 36.5 Å². The van der Waals surface area contributed by atoms with Gasteiger partial charge < -0.3 is 18.9 Å². The van der Waals surface area contributed by atoms with E-state index in [4.69, 9.17) is 18.9 Å². The summed E-state index contributed by atoms with van der Waals surface area (Å²) in [7, 11) is 3.17. The van der Waals surface area contributed by atoms with Crippen molar-refractivity contribution in [3.8, 4) is 23.0 Å². The number of ketones is 1. The lowest BCUT2D eigenvalue weighted by Crippen LogP contribution is -1.98. The van der Waals surface area contributed by atoms with Gasteiger partial charge in [0.05, 0.1) is 19.7 Å². The third kappa shape index (κ3) is 2.27. The molecule has 0 aliphatic carbocycles. The van der Waals surface area contributed by atoms with Crippen LogP contribution >= 0.6 is 0 Å². The first-order valence-electron chi connectivity index (χ1n) is 8.82. The van der Waals surface area contributed by atoms with Crippen LogP contribution < -0.4 is 18.9 Å². The molecule has 1 aliphatic rings. The van der Waals surface area contributed by atoms with Crippen molar-refractivity contribution in [2.75, 3.05) is 21.0 Å². The van der Waals surface area contributed by atoms with Crippen LogP contribution in [0, 0.1) is 0 Å². The van der Waals surface area contributed by atoms with Gasteiger partial charge >= 0.3 is 0 Å². The minimum Gasteiger partial charge on any atom is -0.493 e. The van der Waals surface area contributed by atoms with Gasteiger partial charge in [0.25, 0.3) is 0 Å². The number of fused-ring (bicyclic) bond motifs is 6. The molecular formula is C22H17NO5. The minimum atomic E-state index is -0.0233. The van der Waals surface area contributed by atoms with E-state index in [1.807, 2.05) is 36.5 Å². The number of nitrogens with zero attached hydrogens (tertiary/aromatic N) is 1. The van der Waals surface area contributed by atoms with Crippen LogP contribution in [0.1, 0.15) is 17.3 Å². The lowest BCUT2D eigenvalue weighted by Gasteiger charge is -2.14. The molecule has 6 heteroatoms. The maximum absolute atomic E-state index is 12.4. The topological polar surface area (TPSA) is 66.9 Å². The third-order valence-corrected chi connectivity index (χ3v) is 5.18. The van der Waals surface area contributed by atoms with E-state index in [1.165, 1.54) is 0 Å². The van der Waals surface area contributed by atoms with Crippen LogP contribution in [0.5, 0.6) is 23.0 Å². The molecule has 0 amide bonds. The monoisotopic (exact) mass is 375 g/mol. The number of benzene rings is 3. The highest BCUT2D eigenvalue weighted by Crippen LogP contribution is 2.42. The van der Waals surface area contributed by atoms with Gasteiger partial charge in [-0.15, -0.1) is 0 Å². The first-order valence-corrected chi connectivity index (χ1v) is 8.82. The van der Waals surface area contributed by atoms with Crippen LogP contribution in [-0.4, -0.2) is 31.8 Å². The molecule has 0 atom stereocenters. The molecule has 4 aromatic rings. The maximum Gasteiger partial charge on any atom is 0.231 e. The Morgan fingerprint density at radius 2 is 1.50 bits per heavy atom. The second-order valence-corrected chi connectivity index (χ2v) is 6.68. The molecule has 0 unspecified atom stereocenters. The summed E-state index contributed by atoms with van der Waals surface area (Å²) in [6.45, 7) is 1.76. The van der Waals surface area contributed by atoms with Crippen molar-refractivity contribution in [3.63, 3.8) is 0 Å². The van der Waals surface area contributed by atoms with Crippen LogP contribution in [0.25, 0.3) is 32.4 Å². The standard InChI is InChI=1S/C22H17NO5/c1-11(24)12-4-13-16-7-21-22(28-10-27-21)8-18(16)23-9-17(13)15-6-20(26-3)19(25-2)5-14(12)15/h4-9H,10H2,1-3H3. The predicted octanol–water partition coefficient (Wildman–Crippen LogP) is 4.49. The Morgan fingerprint density at radius 1 is 0.857 bits per heavy atom. The van der Waals surface area contributed by atoms with E-state index in [0.29, 0.717) is 28.6 Å². The van der Waals surface area contributed by atoms with E-state index >= 15 is 0 Å². The van der Waals surface area contributed by atoms with Crippen molar-refractivity contribution >= 4 is 38.2 Å². The molecule has 28 heavy (non-hydrogen) atoms. The largest absolute Gasteiger partial charge is 0.493 e. The molecule has 0 fully saturated rings. The molecule has 2 heterocycles. The Hall–Kier alpha value is -3.54. The number of methoxy groups -OCH3 is 2. The molecule has 1 aliphatic heterocycles. The van der Waals surface area contributed by atoms with Gasteiger partial charge in [0.15, 0.2) is 28.8 Å². The van der Waals surface area contributed by atoms with Gasteiger partial charge in [-0.25, -0.2) is 0 Å². The highest BCUT2D eigenvalue weighted by atomic mass is 16.7. The third-order valence-electron chi connectivity index (χ3n) is 5.18. The van der Waals surface area contributed by atoms with Crippen molar-refractivity contribution < 1.29 is 23.7 Å². The molecule has 3 aromatic carbocycles. The number of pyridine rings is 1. The number of hydrogen-bond acceptors (Lipinski definition) is 6. The van der Waals surface area contributed by atoms with Crippen LogP contribution in [0.2, 0.25) is 0 Å². The summed E-state index contributed by atoms with van der Waals surface area (Å²) in [6.07, 6.45) is 1.82. The number of carbonyl (C=O) groups excluding carboxylic acids is 1. The number of hydrogen-bond donors (Lipinski definition) is 0. The van der Waals surface area contributed by atoms with Crippen molar-refractivity contribution in [3.05, 3.63) is 42.1 Å². The molecule has 0 saturated heterocycles. The normalized spacial score (nSPS) is 12.7. The summed E-state index contributed by atoms with van der Waals surface area (Å²) >= 11 is 0. The molecule has 0 radical (unpaired) electrons. The zero-order valence-corrected chi connectivity index (χ0v) is 15.7. The minimum absolute atomic E-state index is 0.0233. The van der Waals surface area contributed by atoms with Gasteiger partial charge in [-0.05, 0) is 47.3 Å². The average Bonchev–Trinajstić information content (AvgIpc) is 3.17. The smallest absolute Gasteiger partial charge is 0.231 e. The summed E-state index contributed by atoms with van der Waals surface area (Å²) in [5, 5.41) is 4.44. The Morgan fingerprint density at radius 3 is 2.18 bits per heavy atom. The molecular weight excluding hydrogens is 358 g/mol. The fourth-order valence-corrected chi connectivity index (χ4v) is 3.81. The van der Waals surface area contributed by atoms with Crippen molar-refractivity contribution in [2.24, 2.45) is 0 Å². The summed E-state index contributed by atoms with van der Waals surface area (Å²) in [4.78, 5) is 17.1. The Balaban J connectivity index is 1.96. The number of carbonyl (C=O) groups is 1. The molecule has 0 spiro atoms. The number of Topliss-reactive ketones (excluding diaryl/α,β-unsaturated/α-hetero) is 1. The van der Waals surface area contributed by atoms with Gasteiger partial charge in [-0.1, -0.05) is 0 Å². The van der Waals surface area contributed by atoms with Gasteiger partial charge in [0.2, 0.25) is 6.79 Å². The van der Waals surface area contributed by atoms with Crippen molar-refractivity contribution in [1.82, 2.24) is 4.98 Å². The van der Waals surface area contributed by atoms with Crippen LogP contribution in [0.3, 0.4) is 0 Å². The maximum atomic E-state index is 12.4. The van der Waals surface area contributed by atoms with E-state index in [-0.39, 0.29) is 12.6 Å². The highest BCUT2D eigenvalue weighted by molar-refractivity contribution is 6.22. The average molecular weight is 375 g/mol.